The zero-order chi connectivity index (χ0) is 25.2. The maximum atomic E-state index is 13.3. The van der Waals surface area contributed by atoms with E-state index in [9.17, 15) is 18.8 Å². The van der Waals surface area contributed by atoms with Crippen molar-refractivity contribution in [3.05, 3.63) is 64.7 Å². The number of thioether (sulfide) groups is 1. The van der Waals surface area contributed by atoms with Gasteiger partial charge in [0.25, 0.3) is 5.56 Å². The lowest BCUT2D eigenvalue weighted by Crippen LogP contribution is -2.33. The molecule has 3 rings (SSSR count). The lowest BCUT2D eigenvalue weighted by Gasteiger charge is -2.22. The highest BCUT2D eigenvalue weighted by atomic mass is 32.2. The first-order chi connectivity index (χ1) is 16.9. The zero-order valence-corrected chi connectivity index (χ0v) is 20.0. The van der Waals surface area contributed by atoms with Gasteiger partial charge in [-0.05, 0) is 49.2 Å². The number of benzene rings is 2. The number of halogens is 1. The highest BCUT2D eigenvalue weighted by molar-refractivity contribution is 7.99. The quantitative estimate of drug-likeness (QED) is 0.233. The van der Waals surface area contributed by atoms with Crippen LogP contribution in [0.15, 0.2) is 58.5 Å². The van der Waals surface area contributed by atoms with E-state index in [1.54, 1.807) is 28.8 Å². The van der Waals surface area contributed by atoms with Crippen molar-refractivity contribution < 1.29 is 14.0 Å². The van der Waals surface area contributed by atoms with Crippen molar-refractivity contribution in [2.24, 2.45) is 5.73 Å². The van der Waals surface area contributed by atoms with Gasteiger partial charge in [-0.2, -0.15) is 5.26 Å². The monoisotopic (exact) mass is 495 g/mol. The third-order valence-electron chi connectivity index (χ3n) is 5.34. The number of anilines is 1. The molecular weight excluding hydrogens is 469 g/mol. The molecule has 0 spiro atoms. The van der Waals surface area contributed by atoms with Gasteiger partial charge in [-0.3, -0.25) is 19.0 Å². The Labute approximate surface area is 206 Å². The van der Waals surface area contributed by atoms with Crippen molar-refractivity contribution >= 4 is 40.2 Å². The normalized spacial score (nSPS) is 10.7. The number of amides is 2. The molecule has 3 aromatic rings. The fraction of sp³-hybridized carbons (Fsp3) is 0.320. The van der Waals surface area contributed by atoms with Crippen molar-refractivity contribution in [1.82, 2.24) is 9.55 Å². The summed E-state index contributed by atoms with van der Waals surface area (Å²) < 4.78 is 14.9. The summed E-state index contributed by atoms with van der Waals surface area (Å²) in [5.74, 6) is -1.08. The van der Waals surface area contributed by atoms with Gasteiger partial charge in [0.2, 0.25) is 11.8 Å². The minimum absolute atomic E-state index is 0.0186. The van der Waals surface area contributed by atoms with Crippen molar-refractivity contribution in [2.45, 2.75) is 43.8 Å². The molecule has 0 bridgehead atoms. The number of carbonyl (C=O) groups is 2. The molecule has 0 saturated heterocycles. The fourth-order valence-corrected chi connectivity index (χ4v) is 4.49. The predicted octanol–water partition coefficient (Wildman–Crippen LogP) is 3.62. The topological polar surface area (TPSA) is 122 Å². The molecule has 0 aliphatic heterocycles. The second-order valence-corrected chi connectivity index (χ2v) is 8.81. The Hall–Kier alpha value is -3.71. The Bertz CT molecular complexity index is 1290. The van der Waals surface area contributed by atoms with E-state index in [0.717, 1.165) is 18.2 Å². The van der Waals surface area contributed by atoms with Crippen LogP contribution in [0, 0.1) is 17.1 Å². The second-order valence-electron chi connectivity index (χ2n) is 7.86. The summed E-state index contributed by atoms with van der Waals surface area (Å²) in [6, 6.07) is 14.6. The van der Waals surface area contributed by atoms with E-state index in [1.807, 2.05) is 6.07 Å². The van der Waals surface area contributed by atoms with Gasteiger partial charge in [0.15, 0.2) is 5.16 Å². The molecule has 0 aliphatic rings. The average molecular weight is 496 g/mol. The molecule has 0 fully saturated rings. The van der Waals surface area contributed by atoms with Crippen LogP contribution in [0.4, 0.5) is 10.1 Å². The minimum Gasteiger partial charge on any atom is -0.370 e. The molecule has 0 unspecified atom stereocenters. The molecule has 35 heavy (non-hydrogen) atoms. The highest BCUT2D eigenvalue weighted by Gasteiger charge is 2.18. The van der Waals surface area contributed by atoms with Gasteiger partial charge in [0.05, 0.1) is 29.1 Å². The number of carbonyl (C=O) groups excluding carboxylic acids is 2. The number of unbranched alkanes of at least 4 members (excludes halogenated alkanes) is 2. The molecule has 182 valence electrons. The van der Waals surface area contributed by atoms with Gasteiger partial charge in [-0.15, -0.1) is 0 Å². The van der Waals surface area contributed by atoms with E-state index in [0.29, 0.717) is 47.6 Å². The Morgan fingerprint density at radius 3 is 2.57 bits per heavy atom. The smallest absolute Gasteiger partial charge is 0.262 e. The summed E-state index contributed by atoms with van der Waals surface area (Å²) in [5, 5.41) is 9.89. The van der Waals surface area contributed by atoms with E-state index < -0.39 is 5.82 Å². The second kappa shape index (κ2) is 12.7. The number of hydrogen-bond donors (Lipinski definition) is 1. The summed E-state index contributed by atoms with van der Waals surface area (Å²) in [4.78, 5) is 43.2. The van der Waals surface area contributed by atoms with Crippen LogP contribution < -0.4 is 16.2 Å². The first-order valence-corrected chi connectivity index (χ1v) is 12.2. The highest BCUT2D eigenvalue weighted by Crippen LogP contribution is 2.22. The van der Waals surface area contributed by atoms with Gasteiger partial charge in [-0.1, -0.05) is 30.3 Å². The van der Waals surface area contributed by atoms with E-state index in [-0.39, 0.29) is 36.1 Å². The lowest BCUT2D eigenvalue weighted by molar-refractivity contribution is -0.118. The molecule has 2 N–H and O–H groups in total. The number of nitriles is 1. The van der Waals surface area contributed by atoms with Crippen molar-refractivity contribution in [2.75, 3.05) is 17.2 Å². The SMILES string of the molecule is N#CCCN(C(=O)CSc1nc2ccccc2c(=O)n1CCCCCC(N)=O)c1ccc(F)cc1. The van der Waals surface area contributed by atoms with E-state index in [1.165, 1.54) is 29.2 Å². The first kappa shape index (κ1) is 25.9. The number of fused-ring (bicyclic) bond motifs is 1. The van der Waals surface area contributed by atoms with Crippen LogP contribution in [0.3, 0.4) is 0 Å². The number of nitrogens with two attached hydrogens (primary N) is 1. The summed E-state index contributed by atoms with van der Waals surface area (Å²) in [7, 11) is 0. The maximum Gasteiger partial charge on any atom is 0.262 e. The molecular formula is C25H26FN5O3S. The van der Waals surface area contributed by atoms with Gasteiger partial charge >= 0.3 is 0 Å². The van der Waals surface area contributed by atoms with Crippen molar-refractivity contribution in [3.8, 4) is 6.07 Å². The van der Waals surface area contributed by atoms with Crippen LogP contribution in [0.5, 0.6) is 0 Å². The molecule has 1 aromatic heterocycles. The van der Waals surface area contributed by atoms with Crippen LogP contribution in [0.25, 0.3) is 10.9 Å². The Morgan fingerprint density at radius 2 is 1.86 bits per heavy atom. The number of rotatable bonds is 12. The summed E-state index contributed by atoms with van der Waals surface area (Å²) in [5.41, 5.74) is 6.02. The lowest BCUT2D eigenvalue weighted by atomic mass is 10.2. The van der Waals surface area contributed by atoms with E-state index in [2.05, 4.69) is 4.98 Å². The third-order valence-corrected chi connectivity index (χ3v) is 6.30. The fourth-order valence-electron chi connectivity index (χ4n) is 3.59. The number of hydrogen-bond acceptors (Lipinski definition) is 6. The number of nitrogens with zero attached hydrogens (tertiary/aromatic N) is 4. The van der Waals surface area contributed by atoms with Crippen molar-refractivity contribution in [1.29, 1.82) is 5.26 Å². The number of para-hydroxylation sites is 1. The van der Waals surface area contributed by atoms with E-state index in [4.69, 9.17) is 11.0 Å². The zero-order valence-electron chi connectivity index (χ0n) is 19.2. The molecule has 1 heterocycles. The molecule has 10 heteroatoms. The molecule has 0 atom stereocenters. The van der Waals surface area contributed by atoms with Crippen LogP contribution in [0.1, 0.15) is 32.1 Å². The predicted molar refractivity (Wildman–Crippen MR) is 133 cm³/mol. The summed E-state index contributed by atoms with van der Waals surface area (Å²) in [6.07, 6.45) is 2.43. The molecule has 2 aromatic carbocycles. The first-order valence-electron chi connectivity index (χ1n) is 11.2. The largest absolute Gasteiger partial charge is 0.370 e. The molecule has 0 radical (unpaired) electrons. The minimum atomic E-state index is -0.420. The van der Waals surface area contributed by atoms with Gasteiger partial charge in [0.1, 0.15) is 5.82 Å². The Balaban J connectivity index is 1.80. The van der Waals surface area contributed by atoms with Gasteiger partial charge in [0, 0.05) is 25.2 Å². The Kier molecular flexibility index (Phi) is 9.38. The van der Waals surface area contributed by atoms with Crippen molar-refractivity contribution in [3.63, 3.8) is 0 Å². The third kappa shape index (κ3) is 7.13. The molecule has 2 amide bonds. The maximum absolute atomic E-state index is 13.3. The number of primary amides is 1. The summed E-state index contributed by atoms with van der Waals surface area (Å²) in [6.45, 7) is 0.557. The number of aromatic nitrogens is 2. The van der Waals surface area contributed by atoms with Crippen LogP contribution in [-0.4, -0.2) is 33.7 Å². The standard InChI is InChI=1S/C25H26FN5O3S/c26-18-10-12-19(13-11-18)30(16-6-14-27)23(33)17-35-25-29-21-8-4-3-7-20(21)24(34)31(25)15-5-1-2-9-22(28)32/h3-4,7-8,10-13H,1-2,5-6,9,15-17H2,(H2,28,32). The van der Waals surface area contributed by atoms with Crippen LogP contribution >= 0.6 is 11.8 Å². The van der Waals surface area contributed by atoms with Gasteiger partial charge in [-0.25, -0.2) is 9.37 Å². The van der Waals surface area contributed by atoms with Crippen LogP contribution in [-0.2, 0) is 16.1 Å². The average Bonchev–Trinajstić information content (AvgIpc) is 2.85. The van der Waals surface area contributed by atoms with E-state index >= 15 is 0 Å². The summed E-state index contributed by atoms with van der Waals surface area (Å²) >= 11 is 1.14. The van der Waals surface area contributed by atoms with Crippen LogP contribution in [0.2, 0.25) is 0 Å². The Morgan fingerprint density at radius 1 is 1.11 bits per heavy atom. The molecule has 0 aliphatic carbocycles. The molecule has 0 saturated carbocycles. The molecule has 8 nitrogen and oxygen atoms in total. The van der Waals surface area contributed by atoms with Gasteiger partial charge < -0.3 is 10.6 Å².